The normalized spacial score (nSPS) is 15.0. The molecule has 25 heavy (non-hydrogen) atoms. The van der Waals surface area contributed by atoms with Gasteiger partial charge in [-0.1, -0.05) is 0 Å². The van der Waals surface area contributed by atoms with Crippen LogP contribution < -0.4 is 0 Å². The first-order valence-corrected chi connectivity index (χ1v) is 8.15. The number of aromatic nitrogens is 5. The summed E-state index contributed by atoms with van der Waals surface area (Å²) in [4.78, 5) is 4.32. The quantitative estimate of drug-likeness (QED) is 0.591. The van der Waals surface area contributed by atoms with Crippen molar-refractivity contribution in [2.45, 2.75) is 19.1 Å². The molecule has 0 saturated heterocycles. The molecule has 1 atom stereocenters. The minimum absolute atomic E-state index is 0.192. The predicted molar refractivity (Wildman–Crippen MR) is 91.1 cm³/mol. The first-order chi connectivity index (χ1) is 13.3. The van der Waals surface area contributed by atoms with E-state index in [0.29, 0.717) is 17.0 Å². The van der Waals surface area contributed by atoms with Gasteiger partial charge in [0.25, 0.3) is 0 Å². The van der Waals surface area contributed by atoms with E-state index in [0.717, 1.165) is 9.15 Å². The summed E-state index contributed by atoms with van der Waals surface area (Å²) in [5.74, 6) is 0. The summed E-state index contributed by atoms with van der Waals surface area (Å²) < 4.78 is 55.0. The molecule has 1 unspecified atom stereocenters. The summed E-state index contributed by atoms with van der Waals surface area (Å²) in [7, 11) is 0. The lowest BCUT2D eigenvalue weighted by Crippen LogP contribution is -2.16. The van der Waals surface area contributed by atoms with Gasteiger partial charge in [0.15, 0.2) is 0 Å². The molecular weight excluding hydrogens is 396 g/mol. The van der Waals surface area contributed by atoms with E-state index in [9.17, 15) is 8.78 Å². The SMILES string of the molecule is [2H]C([2H])([2H])n1nccc1-c1cnn(C(CCOC(F)F)c2ccc(Br)cn2)c1. The molecule has 6 nitrogen and oxygen atoms in total. The Morgan fingerprint density at radius 1 is 1.28 bits per heavy atom. The van der Waals surface area contributed by atoms with Crippen LogP contribution in [-0.2, 0) is 11.7 Å². The zero-order valence-electron chi connectivity index (χ0n) is 15.9. The molecular formula is C16H16BrF2N5O. The first-order valence-electron chi connectivity index (χ1n) is 8.86. The lowest BCUT2D eigenvalue weighted by atomic mass is 10.1. The van der Waals surface area contributed by atoms with Crippen molar-refractivity contribution in [3.63, 3.8) is 0 Å². The fourth-order valence-corrected chi connectivity index (χ4v) is 2.67. The summed E-state index contributed by atoms with van der Waals surface area (Å²) in [6, 6.07) is 4.65. The second-order valence-electron chi connectivity index (χ2n) is 5.17. The van der Waals surface area contributed by atoms with E-state index in [1.165, 1.54) is 12.4 Å². The van der Waals surface area contributed by atoms with E-state index in [2.05, 4.69) is 35.8 Å². The Morgan fingerprint density at radius 2 is 2.16 bits per heavy atom. The number of hydrogen-bond donors (Lipinski definition) is 0. The highest BCUT2D eigenvalue weighted by Crippen LogP contribution is 2.25. The van der Waals surface area contributed by atoms with Gasteiger partial charge >= 0.3 is 6.61 Å². The van der Waals surface area contributed by atoms with Crippen molar-refractivity contribution in [2.75, 3.05) is 6.61 Å². The van der Waals surface area contributed by atoms with E-state index in [-0.39, 0.29) is 13.0 Å². The lowest BCUT2D eigenvalue weighted by Gasteiger charge is -2.17. The molecule has 0 amide bonds. The van der Waals surface area contributed by atoms with Crippen molar-refractivity contribution < 1.29 is 17.6 Å². The van der Waals surface area contributed by atoms with Crippen LogP contribution in [0.25, 0.3) is 11.3 Å². The molecule has 0 saturated carbocycles. The molecule has 3 aromatic heterocycles. The number of rotatable bonds is 7. The van der Waals surface area contributed by atoms with Crippen LogP contribution >= 0.6 is 15.9 Å². The van der Waals surface area contributed by atoms with Crippen LogP contribution in [0.3, 0.4) is 0 Å². The van der Waals surface area contributed by atoms with E-state index in [4.69, 9.17) is 4.11 Å². The Labute approximate surface area is 155 Å². The monoisotopic (exact) mass is 414 g/mol. The van der Waals surface area contributed by atoms with Crippen molar-refractivity contribution >= 4 is 15.9 Å². The average molecular weight is 415 g/mol. The van der Waals surface area contributed by atoms with E-state index in [1.54, 1.807) is 35.3 Å². The van der Waals surface area contributed by atoms with E-state index < -0.39 is 19.6 Å². The molecule has 0 aromatic carbocycles. The Bertz CT molecular complexity index is 914. The van der Waals surface area contributed by atoms with Crippen LogP contribution in [-0.4, -0.2) is 37.8 Å². The number of alkyl halides is 2. The van der Waals surface area contributed by atoms with Gasteiger partial charge in [0.2, 0.25) is 0 Å². The maximum atomic E-state index is 12.4. The van der Waals surface area contributed by atoms with Crippen molar-refractivity contribution in [3.8, 4) is 11.3 Å². The molecule has 0 fully saturated rings. The topological polar surface area (TPSA) is 57.8 Å². The fourth-order valence-electron chi connectivity index (χ4n) is 2.43. The highest BCUT2D eigenvalue weighted by molar-refractivity contribution is 9.10. The van der Waals surface area contributed by atoms with Gasteiger partial charge in [-0.3, -0.25) is 14.3 Å². The van der Waals surface area contributed by atoms with Gasteiger partial charge in [0.05, 0.1) is 30.2 Å². The summed E-state index contributed by atoms with van der Waals surface area (Å²) >= 11 is 3.31. The number of halogens is 3. The van der Waals surface area contributed by atoms with Crippen molar-refractivity contribution in [2.24, 2.45) is 6.98 Å². The smallest absolute Gasteiger partial charge is 0.323 e. The molecule has 0 bridgehead atoms. The molecule has 132 valence electrons. The molecule has 0 radical (unpaired) electrons. The molecule has 3 aromatic rings. The number of nitrogens with zero attached hydrogens (tertiary/aromatic N) is 5. The van der Waals surface area contributed by atoms with Crippen molar-refractivity contribution in [1.29, 1.82) is 0 Å². The Kier molecular flexibility index (Phi) is 4.41. The van der Waals surface area contributed by atoms with Gasteiger partial charge in [-0.2, -0.15) is 19.0 Å². The molecule has 0 spiro atoms. The lowest BCUT2D eigenvalue weighted by molar-refractivity contribution is -0.130. The molecule has 3 rings (SSSR count). The zero-order chi connectivity index (χ0) is 20.3. The minimum Gasteiger partial charge on any atom is -0.323 e. The summed E-state index contributed by atoms with van der Waals surface area (Å²) in [5.41, 5.74) is 1.52. The summed E-state index contributed by atoms with van der Waals surface area (Å²) in [6.07, 6.45) is 6.33. The number of aryl methyl sites for hydroxylation is 1. The van der Waals surface area contributed by atoms with Gasteiger partial charge in [0, 0.05) is 39.7 Å². The van der Waals surface area contributed by atoms with Crippen LogP contribution in [0.1, 0.15) is 22.3 Å². The first kappa shape index (κ1) is 14.1. The van der Waals surface area contributed by atoms with Crippen LogP contribution in [0, 0.1) is 0 Å². The molecule has 3 heterocycles. The van der Waals surface area contributed by atoms with Gasteiger partial charge in [0.1, 0.15) is 0 Å². The van der Waals surface area contributed by atoms with Crippen molar-refractivity contribution in [3.05, 3.63) is 53.2 Å². The van der Waals surface area contributed by atoms with Crippen LogP contribution in [0.5, 0.6) is 0 Å². The maximum Gasteiger partial charge on any atom is 0.345 e. The molecule has 0 aliphatic rings. The standard InChI is InChI=1S/C16H16BrF2N5O/c1-23-14(4-6-21-23)11-8-22-24(10-11)15(5-7-25-16(18)19)13-3-2-12(17)9-20-13/h2-4,6,8-10,15-16H,5,7H2,1H3/i1D3. The minimum atomic E-state index is -2.86. The number of hydrogen-bond acceptors (Lipinski definition) is 4. The molecule has 0 N–H and O–H groups in total. The third kappa shape index (κ3) is 4.29. The predicted octanol–water partition coefficient (Wildman–Crippen LogP) is 3.66. The highest BCUT2D eigenvalue weighted by atomic mass is 79.9. The average Bonchev–Trinajstić information content (AvgIpc) is 3.28. The van der Waals surface area contributed by atoms with Gasteiger partial charge in [-0.15, -0.1) is 0 Å². The second kappa shape index (κ2) is 7.83. The Hall–Kier alpha value is -2.13. The maximum absolute atomic E-state index is 12.4. The van der Waals surface area contributed by atoms with E-state index in [1.807, 2.05) is 0 Å². The van der Waals surface area contributed by atoms with Gasteiger partial charge in [-0.05, 0) is 40.5 Å². The number of pyridine rings is 1. The largest absolute Gasteiger partial charge is 0.345 e. The van der Waals surface area contributed by atoms with Crippen molar-refractivity contribution in [1.82, 2.24) is 24.5 Å². The summed E-state index contributed by atoms with van der Waals surface area (Å²) in [6.45, 7) is -5.48. The molecule has 9 heteroatoms. The highest BCUT2D eigenvalue weighted by Gasteiger charge is 2.18. The third-order valence-corrected chi connectivity index (χ3v) is 4.06. The fraction of sp³-hybridized carbons (Fsp3) is 0.312. The van der Waals surface area contributed by atoms with Crippen LogP contribution in [0.2, 0.25) is 0 Å². The number of ether oxygens (including phenoxy) is 1. The van der Waals surface area contributed by atoms with Gasteiger partial charge < -0.3 is 4.74 Å². The molecule has 0 aliphatic carbocycles. The molecule has 0 aliphatic heterocycles. The second-order valence-corrected chi connectivity index (χ2v) is 6.09. The zero-order valence-corrected chi connectivity index (χ0v) is 14.5. The van der Waals surface area contributed by atoms with Crippen LogP contribution in [0.15, 0.2) is 47.5 Å². The van der Waals surface area contributed by atoms with E-state index >= 15 is 0 Å². The van der Waals surface area contributed by atoms with Gasteiger partial charge in [-0.25, -0.2) is 0 Å². The van der Waals surface area contributed by atoms with Crippen LogP contribution in [0.4, 0.5) is 8.78 Å². The summed E-state index contributed by atoms with van der Waals surface area (Å²) in [5, 5.41) is 8.14. The third-order valence-electron chi connectivity index (χ3n) is 3.59. The Morgan fingerprint density at radius 3 is 2.88 bits per heavy atom. The Balaban J connectivity index is 1.91.